The van der Waals surface area contributed by atoms with Crippen LogP contribution in [0.2, 0.25) is 0 Å². The molecule has 0 heterocycles. The fourth-order valence-electron chi connectivity index (χ4n) is 2.37. The van der Waals surface area contributed by atoms with E-state index in [0.29, 0.717) is 10.5 Å². The zero-order valence-corrected chi connectivity index (χ0v) is 20.8. The summed E-state index contributed by atoms with van der Waals surface area (Å²) in [5.41, 5.74) is 3.50. The first-order valence-electron chi connectivity index (χ1n) is 11.1. The van der Waals surface area contributed by atoms with Crippen molar-refractivity contribution in [2.75, 3.05) is 13.6 Å². The van der Waals surface area contributed by atoms with Crippen molar-refractivity contribution in [1.29, 1.82) is 0 Å². The van der Waals surface area contributed by atoms with Crippen LogP contribution in [0.5, 0.6) is 0 Å². The highest BCUT2D eigenvalue weighted by Crippen LogP contribution is 2.25. The largest absolute Gasteiger partial charge is 0.219 e. The molecule has 0 saturated heterocycles. The smallest absolute Gasteiger partial charge is 0.107 e. The van der Waals surface area contributed by atoms with Crippen LogP contribution in [0.15, 0.2) is 24.3 Å². The minimum Gasteiger partial charge on any atom is -0.219 e. The van der Waals surface area contributed by atoms with Crippen molar-refractivity contribution in [3.8, 4) is 0 Å². The first kappa shape index (κ1) is 30.9. The molecule has 1 unspecified atom stereocenters. The number of nitrogens with one attached hydrogen (secondary N) is 1. The van der Waals surface area contributed by atoms with E-state index in [0.717, 1.165) is 19.4 Å². The quantitative estimate of drug-likeness (QED) is 0.429. The van der Waals surface area contributed by atoms with Gasteiger partial charge in [0.15, 0.2) is 0 Å². The molecule has 2 heteroatoms. The molecule has 0 amide bonds. The molecule has 1 rings (SSSR count). The molecule has 27 heavy (non-hydrogen) atoms. The molecule has 0 aliphatic heterocycles. The van der Waals surface area contributed by atoms with E-state index >= 15 is 0 Å². The van der Waals surface area contributed by atoms with Crippen molar-refractivity contribution < 1.29 is 10.3 Å². The van der Waals surface area contributed by atoms with E-state index in [1.807, 2.05) is 27.7 Å². The van der Waals surface area contributed by atoms with Crippen molar-refractivity contribution >= 4 is 0 Å². The van der Waals surface area contributed by atoms with Crippen LogP contribution in [0.3, 0.4) is 0 Å². The second kappa shape index (κ2) is 17.3. The molecule has 0 aliphatic carbocycles. The Hall–Kier alpha value is -0.860. The van der Waals surface area contributed by atoms with Crippen molar-refractivity contribution in [3.63, 3.8) is 0 Å². The Bertz CT molecular complexity index is 407. The molecule has 0 aliphatic rings. The van der Waals surface area contributed by atoms with Gasteiger partial charge in [0.2, 0.25) is 0 Å². The summed E-state index contributed by atoms with van der Waals surface area (Å²) in [6.45, 7) is 24.7. The van der Waals surface area contributed by atoms with Crippen molar-refractivity contribution in [2.45, 2.75) is 107 Å². The molecule has 0 radical (unpaired) electrons. The zero-order chi connectivity index (χ0) is 22.1. The highest BCUT2D eigenvalue weighted by Gasteiger charge is 2.14. The van der Waals surface area contributed by atoms with E-state index in [-0.39, 0.29) is 5.41 Å². The Balaban J connectivity index is -0.000000408. The minimum absolute atomic E-state index is 0.264. The molecule has 0 aromatic heterocycles. The number of benzene rings is 1. The van der Waals surface area contributed by atoms with Gasteiger partial charge in [-0.05, 0) is 41.2 Å². The van der Waals surface area contributed by atoms with E-state index < -0.39 is 0 Å². The number of hydrogen-bond acceptors (Lipinski definition) is 1. The molecule has 2 nitrogen and oxygen atoms in total. The van der Waals surface area contributed by atoms with Gasteiger partial charge in [0.25, 0.3) is 0 Å². The standard InChI is InChI=1S/C15H24.C6H15NO.2C2H6/c1-14(2,3)11-12-7-9-13(10-8-12)15(4,5)6;1-3-4-5-6-7(2)8;2*1-2/h7-10H,11H2,1-6H3;8H,3-6H2,1-2H3;2*1-2H3/p+1. The maximum absolute atomic E-state index is 8.70. The third kappa shape index (κ3) is 21.3. The fourth-order valence-corrected chi connectivity index (χ4v) is 2.37. The Kier molecular flexibility index (Phi) is 19.7. The zero-order valence-electron chi connectivity index (χ0n) is 20.8. The van der Waals surface area contributed by atoms with Gasteiger partial charge in [0.1, 0.15) is 6.54 Å². The topological polar surface area (TPSA) is 24.7 Å². The fraction of sp³-hybridized carbons (Fsp3) is 0.760. The number of hydrogen-bond donors (Lipinski definition) is 2. The lowest BCUT2D eigenvalue weighted by Crippen LogP contribution is -3.06. The highest BCUT2D eigenvalue weighted by atomic mass is 16.5. The Morgan fingerprint density at radius 3 is 1.56 bits per heavy atom. The first-order valence-corrected chi connectivity index (χ1v) is 11.1. The van der Waals surface area contributed by atoms with Crippen LogP contribution in [0.1, 0.15) is 107 Å². The summed E-state index contributed by atoms with van der Waals surface area (Å²) in [5.74, 6) is 0. The molecule has 0 bridgehead atoms. The number of quaternary nitrogens is 1. The van der Waals surface area contributed by atoms with Gasteiger partial charge in [-0.25, -0.2) is 5.21 Å². The van der Waals surface area contributed by atoms with Gasteiger partial charge < -0.3 is 0 Å². The number of hydroxylamine groups is 2. The highest BCUT2D eigenvalue weighted by molar-refractivity contribution is 5.27. The Morgan fingerprint density at radius 2 is 1.26 bits per heavy atom. The summed E-state index contributed by atoms with van der Waals surface area (Å²) in [5, 5.41) is 9.26. The maximum Gasteiger partial charge on any atom is 0.107 e. The van der Waals surface area contributed by atoms with Crippen LogP contribution in [0, 0.1) is 5.41 Å². The van der Waals surface area contributed by atoms with Crippen LogP contribution >= 0.6 is 0 Å². The van der Waals surface area contributed by atoms with Crippen LogP contribution < -0.4 is 5.06 Å². The van der Waals surface area contributed by atoms with Crippen molar-refractivity contribution in [3.05, 3.63) is 35.4 Å². The van der Waals surface area contributed by atoms with E-state index in [9.17, 15) is 0 Å². The lowest BCUT2D eigenvalue weighted by Gasteiger charge is -2.21. The van der Waals surface area contributed by atoms with E-state index in [4.69, 9.17) is 5.21 Å². The number of unbranched alkanes of at least 4 members (excludes halogenated alkanes) is 2. The molecule has 162 valence electrons. The van der Waals surface area contributed by atoms with Gasteiger partial charge in [-0.15, -0.1) is 0 Å². The SMILES string of the molecule is CC.CC.CC(C)(C)Cc1ccc(C(C)(C)C)cc1.CCCCC[NH+](C)O. The van der Waals surface area contributed by atoms with Crippen molar-refractivity contribution in [2.24, 2.45) is 5.41 Å². The van der Waals surface area contributed by atoms with E-state index in [1.54, 1.807) is 7.05 Å². The third-order valence-corrected chi connectivity index (χ3v) is 3.70. The van der Waals surface area contributed by atoms with Gasteiger partial charge >= 0.3 is 0 Å². The summed E-state index contributed by atoms with van der Waals surface area (Å²) in [7, 11) is 1.76. The molecule has 1 aromatic carbocycles. The summed E-state index contributed by atoms with van der Waals surface area (Å²) in [4.78, 5) is 0. The van der Waals surface area contributed by atoms with Gasteiger partial charge in [0, 0.05) is 0 Å². The van der Waals surface area contributed by atoms with Gasteiger partial charge in [0.05, 0.1) is 7.05 Å². The second-order valence-corrected chi connectivity index (χ2v) is 8.88. The van der Waals surface area contributed by atoms with Gasteiger partial charge in [-0.1, -0.05) is 107 Å². The number of rotatable bonds is 5. The first-order chi connectivity index (χ1) is 12.5. The molecule has 1 aromatic rings. The van der Waals surface area contributed by atoms with Gasteiger partial charge in [-0.2, -0.15) is 5.06 Å². The predicted molar refractivity (Wildman–Crippen MR) is 124 cm³/mol. The average Bonchev–Trinajstić information content (AvgIpc) is 2.57. The van der Waals surface area contributed by atoms with E-state index in [1.165, 1.54) is 24.0 Å². The summed E-state index contributed by atoms with van der Waals surface area (Å²) >= 11 is 0. The second-order valence-electron chi connectivity index (χ2n) is 8.88. The average molecular weight is 383 g/mol. The summed E-state index contributed by atoms with van der Waals surface area (Å²) < 4.78 is 0. The normalized spacial score (nSPS) is 11.7. The molecule has 0 saturated carbocycles. The van der Waals surface area contributed by atoms with E-state index in [2.05, 4.69) is 72.7 Å². The lowest BCUT2D eigenvalue weighted by atomic mass is 9.84. The molecular weight excluding hydrogens is 330 g/mol. The van der Waals surface area contributed by atoms with Gasteiger partial charge in [-0.3, -0.25) is 0 Å². The minimum atomic E-state index is 0.264. The van der Waals surface area contributed by atoms with Crippen LogP contribution in [0.25, 0.3) is 0 Å². The monoisotopic (exact) mass is 382 g/mol. The maximum atomic E-state index is 8.70. The van der Waals surface area contributed by atoms with Crippen LogP contribution in [-0.2, 0) is 11.8 Å². The molecular formula is C25H52NO+. The van der Waals surface area contributed by atoms with Crippen molar-refractivity contribution in [1.82, 2.24) is 0 Å². The predicted octanol–water partition coefficient (Wildman–Crippen LogP) is 6.71. The Morgan fingerprint density at radius 1 is 0.815 bits per heavy atom. The molecule has 1 atom stereocenters. The Labute approximate surface area is 172 Å². The summed E-state index contributed by atoms with van der Waals surface area (Å²) in [6.07, 6.45) is 4.75. The molecule has 0 fully saturated rings. The third-order valence-electron chi connectivity index (χ3n) is 3.70. The molecule has 2 N–H and O–H groups in total. The van der Waals surface area contributed by atoms with Crippen LogP contribution in [-0.4, -0.2) is 18.8 Å². The van der Waals surface area contributed by atoms with Crippen LogP contribution in [0.4, 0.5) is 0 Å². The molecule has 0 spiro atoms. The lowest BCUT2D eigenvalue weighted by molar-refractivity contribution is -1.07. The summed E-state index contributed by atoms with van der Waals surface area (Å²) in [6, 6.07) is 9.07.